The van der Waals surface area contributed by atoms with E-state index < -0.39 is 0 Å². The third-order valence-electron chi connectivity index (χ3n) is 2.72. The molecule has 1 rings (SSSR count). The molecule has 0 saturated heterocycles. The van der Waals surface area contributed by atoms with E-state index in [-0.39, 0.29) is 0 Å². The van der Waals surface area contributed by atoms with Crippen LogP contribution in [-0.4, -0.2) is 5.11 Å². The normalized spacial score (nSPS) is 11.4. The molecule has 1 heteroatoms. The first-order valence-corrected chi connectivity index (χ1v) is 5.27. The van der Waals surface area contributed by atoms with Crippen molar-refractivity contribution in [2.75, 3.05) is 0 Å². The first-order chi connectivity index (χ1) is 6.43. The zero-order chi connectivity index (χ0) is 10.9. The highest BCUT2D eigenvalue weighted by atomic mass is 16.3. The summed E-state index contributed by atoms with van der Waals surface area (Å²) in [5.41, 5.74) is 3.84. The van der Waals surface area contributed by atoms with Crippen LogP contribution in [0.3, 0.4) is 0 Å². The predicted octanol–water partition coefficient (Wildman–Crippen LogP) is 3.95. The maximum Gasteiger partial charge on any atom is 0.116 e. The Bertz CT molecular complexity index is 295. The van der Waals surface area contributed by atoms with E-state index >= 15 is 0 Å². The van der Waals surface area contributed by atoms with Crippen molar-refractivity contribution in [3.8, 4) is 5.75 Å². The summed E-state index contributed by atoms with van der Waals surface area (Å²) in [5.74, 6) is 1.34. The molecule has 0 heterocycles. The fourth-order valence-corrected chi connectivity index (χ4v) is 1.94. The van der Waals surface area contributed by atoms with Crippen molar-refractivity contribution >= 4 is 0 Å². The van der Waals surface area contributed by atoms with Crippen LogP contribution in [0, 0.1) is 6.92 Å². The number of hydrogen-bond donors (Lipinski definition) is 1. The highest BCUT2D eigenvalue weighted by Crippen LogP contribution is 2.30. The fourth-order valence-electron chi connectivity index (χ4n) is 1.94. The summed E-state index contributed by atoms with van der Waals surface area (Å²) < 4.78 is 0. The largest absolute Gasteiger partial charge is 0.508 e. The van der Waals surface area contributed by atoms with Crippen LogP contribution in [-0.2, 0) is 0 Å². The van der Waals surface area contributed by atoms with Gasteiger partial charge in [0, 0.05) is 0 Å². The molecule has 0 unspecified atom stereocenters. The van der Waals surface area contributed by atoms with Crippen molar-refractivity contribution in [3.05, 3.63) is 28.8 Å². The van der Waals surface area contributed by atoms with E-state index in [0.29, 0.717) is 17.6 Å². The molecule has 1 aromatic carbocycles. The van der Waals surface area contributed by atoms with Crippen molar-refractivity contribution in [1.82, 2.24) is 0 Å². The number of benzene rings is 1. The molecule has 1 nitrogen and oxygen atoms in total. The lowest BCUT2D eigenvalue weighted by molar-refractivity contribution is 0.472. The molecule has 0 amide bonds. The minimum absolute atomic E-state index is 0.392. The van der Waals surface area contributed by atoms with Crippen LogP contribution in [0.5, 0.6) is 5.75 Å². The molecule has 0 aliphatic carbocycles. The lowest BCUT2D eigenvalue weighted by Gasteiger charge is -2.17. The van der Waals surface area contributed by atoms with Crippen molar-refractivity contribution in [1.29, 1.82) is 0 Å². The fraction of sp³-hybridized carbons (Fsp3) is 0.538. The van der Waals surface area contributed by atoms with E-state index in [2.05, 4.69) is 34.6 Å². The smallest absolute Gasteiger partial charge is 0.116 e. The maximum atomic E-state index is 9.62. The summed E-state index contributed by atoms with van der Waals surface area (Å²) in [5, 5.41) is 9.62. The average molecular weight is 192 g/mol. The molecular weight excluding hydrogens is 172 g/mol. The quantitative estimate of drug-likeness (QED) is 0.752. The van der Waals surface area contributed by atoms with Crippen LogP contribution in [0.1, 0.15) is 56.2 Å². The SMILES string of the molecule is Cc1c(C(C)C)cc(O)cc1C(C)C. The van der Waals surface area contributed by atoms with E-state index in [4.69, 9.17) is 0 Å². The van der Waals surface area contributed by atoms with Gasteiger partial charge in [0.2, 0.25) is 0 Å². The van der Waals surface area contributed by atoms with E-state index in [1.807, 2.05) is 12.1 Å². The Morgan fingerprint density at radius 2 is 1.29 bits per heavy atom. The molecule has 0 aliphatic heterocycles. The van der Waals surface area contributed by atoms with Gasteiger partial charge in [-0.25, -0.2) is 0 Å². The lowest BCUT2D eigenvalue weighted by Crippen LogP contribution is -1.99. The molecular formula is C13H20O. The molecule has 0 spiro atoms. The minimum Gasteiger partial charge on any atom is -0.508 e. The Morgan fingerprint density at radius 1 is 0.929 bits per heavy atom. The second-order valence-corrected chi connectivity index (χ2v) is 4.56. The predicted molar refractivity (Wildman–Crippen MR) is 61.0 cm³/mol. The minimum atomic E-state index is 0.392. The number of rotatable bonds is 2. The van der Waals surface area contributed by atoms with E-state index in [9.17, 15) is 5.11 Å². The van der Waals surface area contributed by atoms with Gasteiger partial charge in [-0.2, -0.15) is 0 Å². The first-order valence-electron chi connectivity index (χ1n) is 5.27. The van der Waals surface area contributed by atoms with Crippen molar-refractivity contribution < 1.29 is 5.11 Å². The Balaban J connectivity index is 3.32. The molecule has 78 valence electrons. The Morgan fingerprint density at radius 3 is 1.57 bits per heavy atom. The summed E-state index contributed by atoms with van der Waals surface area (Å²) in [6.45, 7) is 10.8. The molecule has 1 aromatic rings. The number of hydrogen-bond acceptors (Lipinski definition) is 1. The van der Waals surface area contributed by atoms with Crippen molar-refractivity contribution in [3.63, 3.8) is 0 Å². The Hall–Kier alpha value is -0.980. The van der Waals surface area contributed by atoms with Gasteiger partial charge in [-0.05, 0) is 47.6 Å². The molecule has 0 aliphatic rings. The second kappa shape index (κ2) is 4.04. The first kappa shape index (κ1) is 11.1. The van der Waals surface area contributed by atoms with Crippen LogP contribution in [0.4, 0.5) is 0 Å². The van der Waals surface area contributed by atoms with Gasteiger partial charge in [0.05, 0.1) is 0 Å². The standard InChI is InChI=1S/C13H20O/c1-8(2)12-6-11(14)7-13(9(3)4)10(12)5/h6-9,14H,1-5H3. The van der Waals surface area contributed by atoms with Crippen LogP contribution in [0.25, 0.3) is 0 Å². The number of phenolic OH excluding ortho intramolecular Hbond substituents is 1. The summed E-state index contributed by atoms with van der Waals surface area (Å²) in [4.78, 5) is 0. The maximum absolute atomic E-state index is 9.62. The number of aromatic hydroxyl groups is 1. The molecule has 0 saturated carbocycles. The summed E-state index contributed by atoms with van der Waals surface area (Å²) in [6, 6.07) is 3.76. The Kier molecular flexibility index (Phi) is 3.20. The van der Waals surface area contributed by atoms with Crippen LogP contribution in [0.15, 0.2) is 12.1 Å². The summed E-state index contributed by atoms with van der Waals surface area (Å²) in [6.07, 6.45) is 0. The van der Waals surface area contributed by atoms with Gasteiger partial charge < -0.3 is 5.11 Å². The zero-order valence-corrected chi connectivity index (χ0v) is 9.76. The van der Waals surface area contributed by atoms with Gasteiger partial charge >= 0.3 is 0 Å². The second-order valence-electron chi connectivity index (χ2n) is 4.56. The molecule has 1 N–H and O–H groups in total. The topological polar surface area (TPSA) is 20.2 Å². The van der Waals surface area contributed by atoms with Gasteiger partial charge in [-0.3, -0.25) is 0 Å². The lowest BCUT2D eigenvalue weighted by atomic mass is 9.89. The van der Waals surface area contributed by atoms with Gasteiger partial charge in [0.15, 0.2) is 0 Å². The Labute approximate surface area is 86.8 Å². The van der Waals surface area contributed by atoms with Gasteiger partial charge in [-0.1, -0.05) is 27.7 Å². The molecule has 0 fully saturated rings. The average Bonchev–Trinajstić information content (AvgIpc) is 2.07. The monoisotopic (exact) mass is 192 g/mol. The molecule has 0 aromatic heterocycles. The zero-order valence-electron chi connectivity index (χ0n) is 9.76. The molecule has 0 radical (unpaired) electrons. The van der Waals surface area contributed by atoms with E-state index in [1.165, 1.54) is 16.7 Å². The third-order valence-corrected chi connectivity index (χ3v) is 2.72. The van der Waals surface area contributed by atoms with Gasteiger partial charge in [-0.15, -0.1) is 0 Å². The number of phenols is 1. The highest BCUT2D eigenvalue weighted by Gasteiger charge is 2.11. The van der Waals surface area contributed by atoms with Crippen LogP contribution in [0.2, 0.25) is 0 Å². The van der Waals surface area contributed by atoms with E-state index in [1.54, 1.807) is 0 Å². The van der Waals surface area contributed by atoms with Crippen molar-refractivity contribution in [2.24, 2.45) is 0 Å². The van der Waals surface area contributed by atoms with Gasteiger partial charge in [0.1, 0.15) is 5.75 Å². The molecule has 0 bridgehead atoms. The van der Waals surface area contributed by atoms with E-state index in [0.717, 1.165) is 0 Å². The molecule has 0 atom stereocenters. The summed E-state index contributed by atoms with van der Waals surface area (Å²) >= 11 is 0. The molecule has 14 heavy (non-hydrogen) atoms. The van der Waals surface area contributed by atoms with Crippen LogP contribution >= 0.6 is 0 Å². The van der Waals surface area contributed by atoms with Gasteiger partial charge in [0.25, 0.3) is 0 Å². The summed E-state index contributed by atoms with van der Waals surface area (Å²) in [7, 11) is 0. The highest BCUT2D eigenvalue weighted by molar-refractivity contribution is 5.43. The van der Waals surface area contributed by atoms with Crippen LogP contribution < -0.4 is 0 Å². The van der Waals surface area contributed by atoms with Crippen molar-refractivity contribution in [2.45, 2.75) is 46.5 Å². The third kappa shape index (κ3) is 2.09.